The van der Waals surface area contributed by atoms with Gasteiger partial charge in [0.1, 0.15) is 0 Å². The average Bonchev–Trinajstić information content (AvgIpc) is 3.01. The van der Waals surface area contributed by atoms with Crippen LogP contribution in [0.5, 0.6) is 11.5 Å². The van der Waals surface area contributed by atoms with E-state index in [1.165, 1.54) is 0 Å². The first-order chi connectivity index (χ1) is 10.2. The van der Waals surface area contributed by atoms with Gasteiger partial charge in [-0.3, -0.25) is 4.68 Å². The van der Waals surface area contributed by atoms with Crippen molar-refractivity contribution in [3.05, 3.63) is 41.7 Å². The van der Waals surface area contributed by atoms with Gasteiger partial charge in [0.2, 0.25) is 0 Å². The van der Waals surface area contributed by atoms with E-state index in [0.717, 1.165) is 29.3 Å². The lowest BCUT2D eigenvalue weighted by molar-refractivity contribution is 0.350. The van der Waals surface area contributed by atoms with Crippen LogP contribution >= 0.6 is 0 Å². The van der Waals surface area contributed by atoms with E-state index in [-0.39, 0.29) is 6.04 Å². The third kappa shape index (κ3) is 3.55. The maximum atomic E-state index is 5.44. The number of aromatic nitrogens is 2. The zero-order valence-electron chi connectivity index (χ0n) is 13.1. The van der Waals surface area contributed by atoms with Gasteiger partial charge in [0.15, 0.2) is 11.5 Å². The summed E-state index contributed by atoms with van der Waals surface area (Å²) in [6.07, 6.45) is 2.00. The van der Waals surface area contributed by atoms with Crippen molar-refractivity contribution in [2.75, 3.05) is 14.2 Å². The number of aryl methyl sites for hydroxylation is 1. The maximum Gasteiger partial charge on any atom is 0.165 e. The summed E-state index contributed by atoms with van der Waals surface area (Å²) in [5.74, 6) is 1.53. The molecule has 0 fully saturated rings. The number of nitrogens with one attached hydrogen (secondary N) is 1. The standard InChI is InChI=1S/C16H23N3O2/c1-5-19-10-9-14(18-19)12(2)17-11-13-7-6-8-15(20-3)16(13)21-4/h6-10,12,17H,5,11H2,1-4H3. The zero-order valence-corrected chi connectivity index (χ0v) is 13.1. The number of nitrogens with zero attached hydrogens (tertiary/aromatic N) is 2. The number of hydrogen-bond acceptors (Lipinski definition) is 4. The third-order valence-electron chi connectivity index (χ3n) is 3.51. The Bertz CT molecular complexity index is 581. The van der Waals surface area contributed by atoms with Gasteiger partial charge in [0.25, 0.3) is 0 Å². The number of ether oxygens (including phenoxy) is 2. The normalized spacial score (nSPS) is 12.2. The van der Waals surface area contributed by atoms with Crippen LogP contribution in [0.25, 0.3) is 0 Å². The molecule has 1 atom stereocenters. The van der Waals surface area contributed by atoms with Gasteiger partial charge in [0.05, 0.1) is 19.9 Å². The van der Waals surface area contributed by atoms with Crippen LogP contribution < -0.4 is 14.8 Å². The number of methoxy groups -OCH3 is 2. The highest BCUT2D eigenvalue weighted by Gasteiger charge is 2.12. The first kappa shape index (κ1) is 15.4. The van der Waals surface area contributed by atoms with Crippen LogP contribution in [0.3, 0.4) is 0 Å². The van der Waals surface area contributed by atoms with E-state index < -0.39 is 0 Å². The lowest BCUT2D eigenvalue weighted by Gasteiger charge is -2.15. The van der Waals surface area contributed by atoms with E-state index in [1.807, 2.05) is 35.1 Å². The SMILES string of the molecule is CCn1ccc(C(C)NCc2cccc(OC)c2OC)n1. The minimum absolute atomic E-state index is 0.175. The molecule has 0 aliphatic rings. The van der Waals surface area contributed by atoms with Crippen molar-refractivity contribution in [1.29, 1.82) is 0 Å². The summed E-state index contributed by atoms with van der Waals surface area (Å²) >= 11 is 0. The minimum atomic E-state index is 0.175. The number of benzene rings is 1. The molecule has 5 nitrogen and oxygen atoms in total. The molecule has 0 radical (unpaired) electrons. The van der Waals surface area contributed by atoms with Crippen molar-refractivity contribution >= 4 is 0 Å². The molecule has 0 bridgehead atoms. The van der Waals surface area contributed by atoms with Crippen molar-refractivity contribution < 1.29 is 9.47 Å². The molecular weight excluding hydrogens is 266 g/mol. The van der Waals surface area contributed by atoms with Crippen LogP contribution in [0, 0.1) is 0 Å². The van der Waals surface area contributed by atoms with Gasteiger partial charge in [-0.1, -0.05) is 12.1 Å². The molecule has 0 aliphatic heterocycles. The largest absolute Gasteiger partial charge is 0.493 e. The van der Waals surface area contributed by atoms with Crippen molar-refractivity contribution in [2.45, 2.75) is 33.0 Å². The van der Waals surface area contributed by atoms with Crippen molar-refractivity contribution in [3.63, 3.8) is 0 Å². The number of hydrogen-bond donors (Lipinski definition) is 1. The lowest BCUT2D eigenvalue weighted by atomic mass is 10.1. The van der Waals surface area contributed by atoms with Gasteiger partial charge in [-0.15, -0.1) is 0 Å². The van der Waals surface area contributed by atoms with E-state index in [1.54, 1.807) is 14.2 Å². The fourth-order valence-electron chi connectivity index (χ4n) is 2.24. The highest BCUT2D eigenvalue weighted by Crippen LogP contribution is 2.30. The molecule has 1 heterocycles. The summed E-state index contributed by atoms with van der Waals surface area (Å²) in [6.45, 7) is 5.77. The Kier molecular flexibility index (Phi) is 5.22. The summed E-state index contributed by atoms with van der Waals surface area (Å²) in [7, 11) is 3.31. The predicted octanol–water partition coefficient (Wildman–Crippen LogP) is 2.77. The zero-order chi connectivity index (χ0) is 15.2. The van der Waals surface area contributed by atoms with Crippen molar-refractivity contribution in [2.24, 2.45) is 0 Å². The molecular formula is C16H23N3O2. The molecule has 21 heavy (non-hydrogen) atoms. The number of para-hydroxylation sites is 1. The molecule has 0 saturated carbocycles. The average molecular weight is 289 g/mol. The molecule has 2 aromatic rings. The molecule has 1 unspecified atom stereocenters. The smallest absolute Gasteiger partial charge is 0.165 e. The fraction of sp³-hybridized carbons (Fsp3) is 0.438. The summed E-state index contributed by atoms with van der Waals surface area (Å²) in [5, 5.41) is 7.98. The predicted molar refractivity (Wildman–Crippen MR) is 82.7 cm³/mol. The molecule has 5 heteroatoms. The van der Waals surface area contributed by atoms with E-state index in [2.05, 4.69) is 24.3 Å². The molecule has 114 valence electrons. The molecule has 2 rings (SSSR count). The summed E-state index contributed by atoms with van der Waals surface area (Å²) in [5.41, 5.74) is 2.11. The maximum absolute atomic E-state index is 5.44. The van der Waals surface area contributed by atoms with Crippen LogP contribution in [0.2, 0.25) is 0 Å². The monoisotopic (exact) mass is 289 g/mol. The second-order valence-electron chi connectivity index (χ2n) is 4.85. The quantitative estimate of drug-likeness (QED) is 0.851. The van der Waals surface area contributed by atoms with Gasteiger partial charge in [-0.25, -0.2) is 0 Å². The molecule has 1 N–H and O–H groups in total. The third-order valence-corrected chi connectivity index (χ3v) is 3.51. The Morgan fingerprint density at radius 3 is 2.67 bits per heavy atom. The van der Waals surface area contributed by atoms with Crippen LogP contribution in [-0.4, -0.2) is 24.0 Å². The van der Waals surface area contributed by atoms with Gasteiger partial charge >= 0.3 is 0 Å². The van der Waals surface area contributed by atoms with Gasteiger partial charge < -0.3 is 14.8 Å². The van der Waals surface area contributed by atoms with Gasteiger partial charge in [0, 0.05) is 30.9 Å². The first-order valence-electron chi connectivity index (χ1n) is 7.16. The van der Waals surface area contributed by atoms with Gasteiger partial charge in [-0.2, -0.15) is 5.10 Å². The van der Waals surface area contributed by atoms with E-state index in [9.17, 15) is 0 Å². The van der Waals surface area contributed by atoms with Crippen LogP contribution in [0.1, 0.15) is 31.1 Å². The van der Waals surface area contributed by atoms with Crippen molar-refractivity contribution in [1.82, 2.24) is 15.1 Å². The fourth-order valence-corrected chi connectivity index (χ4v) is 2.24. The van der Waals surface area contributed by atoms with E-state index in [4.69, 9.17) is 9.47 Å². The minimum Gasteiger partial charge on any atom is -0.493 e. The Balaban J connectivity index is 2.05. The molecule has 1 aromatic carbocycles. The highest BCUT2D eigenvalue weighted by molar-refractivity contribution is 5.46. The molecule has 0 aliphatic carbocycles. The van der Waals surface area contributed by atoms with Crippen molar-refractivity contribution in [3.8, 4) is 11.5 Å². The summed E-state index contributed by atoms with van der Waals surface area (Å²) in [6, 6.07) is 8.12. The molecule has 1 aromatic heterocycles. The second-order valence-corrected chi connectivity index (χ2v) is 4.85. The molecule has 0 amide bonds. The molecule has 0 saturated heterocycles. The van der Waals surface area contributed by atoms with E-state index >= 15 is 0 Å². The summed E-state index contributed by atoms with van der Waals surface area (Å²) < 4.78 is 12.7. The van der Waals surface area contributed by atoms with Gasteiger partial charge in [-0.05, 0) is 26.0 Å². The van der Waals surface area contributed by atoms with Crippen LogP contribution in [-0.2, 0) is 13.1 Å². The Hall–Kier alpha value is -2.01. The lowest BCUT2D eigenvalue weighted by Crippen LogP contribution is -2.19. The summed E-state index contributed by atoms with van der Waals surface area (Å²) in [4.78, 5) is 0. The topological polar surface area (TPSA) is 48.3 Å². The van der Waals surface area contributed by atoms with Crippen LogP contribution in [0.4, 0.5) is 0 Å². The number of rotatable bonds is 7. The second kappa shape index (κ2) is 7.13. The first-order valence-corrected chi connectivity index (χ1v) is 7.16. The van der Waals surface area contributed by atoms with E-state index in [0.29, 0.717) is 6.54 Å². The Labute approximate surface area is 125 Å². The highest BCUT2D eigenvalue weighted by atomic mass is 16.5. The Morgan fingerprint density at radius 2 is 2.05 bits per heavy atom. The van der Waals surface area contributed by atoms with Crippen LogP contribution in [0.15, 0.2) is 30.5 Å². The Morgan fingerprint density at radius 1 is 1.24 bits per heavy atom. The molecule has 0 spiro atoms.